The van der Waals surface area contributed by atoms with E-state index in [0.717, 1.165) is 44.5 Å². The molecule has 1 aromatic carbocycles. The molecule has 0 saturated carbocycles. The Labute approximate surface area is 131 Å². The van der Waals surface area contributed by atoms with Crippen molar-refractivity contribution in [1.29, 1.82) is 0 Å². The normalized spacial score (nSPS) is 14.5. The lowest BCUT2D eigenvalue weighted by molar-refractivity contribution is -0.132. The third-order valence-corrected chi connectivity index (χ3v) is 3.97. The van der Waals surface area contributed by atoms with Crippen molar-refractivity contribution in [3.8, 4) is 5.75 Å². The smallest absolute Gasteiger partial charge is 0.260 e. The zero-order chi connectivity index (χ0) is 15.1. The van der Waals surface area contributed by atoms with E-state index in [1.807, 2.05) is 23.1 Å². The van der Waals surface area contributed by atoms with Gasteiger partial charge in [-0.1, -0.05) is 24.6 Å². The van der Waals surface area contributed by atoms with Crippen molar-refractivity contribution in [3.63, 3.8) is 0 Å². The summed E-state index contributed by atoms with van der Waals surface area (Å²) in [7, 11) is 0. The second-order valence-corrected chi connectivity index (χ2v) is 5.68. The molecule has 1 amide bonds. The van der Waals surface area contributed by atoms with E-state index < -0.39 is 0 Å². The summed E-state index contributed by atoms with van der Waals surface area (Å²) in [6, 6.07) is 5.56. The number of carbonyl (C=O) groups excluding carboxylic acids is 1. The van der Waals surface area contributed by atoms with Gasteiger partial charge in [-0.3, -0.25) is 4.79 Å². The molecule has 5 heteroatoms. The molecule has 1 heterocycles. The van der Waals surface area contributed by atoms with Crippen LogP contribution in [0.1, 0.15) is 31.7 Å². The number of carbonyl (C=O) groups is 1. The predicted octanol–water partition coefficient (Wildman–Crippen LogP) is 2.84. The van der Waals surface area contributed by atoms with E-state index in [2.05, 4.69) is 12.2 Å². The molecule has 21 heavy (non-hydrogen) atoms. The summed E-state index contributed by atoms with van der Waals surface area (Å²) in [6.07, 6.45) is 3.25. The number of hydrogen-bond acceptors (Lipinski definition) is 3. The van der Waals surface area contributed by atoms with Gasteiger partial charge in [-0.2, -0.15) is 0 Å². The quantitative estimate of drug-likeness (QED) is 0.787. The van der Waals surface area contributed by atoms with E-state index in [1.165, 1.54) is 0 Å². The first-order chi connectivity index (χ1) is 10.2. The first-order valence-electron chi connectivity index (χ1n) is 7.61. The number of nitrogens with zero attached hydrogens (tertiary/aromatic N) is 1. The highest BCUT2D eigenvalue weighted by atomic mass is 35.5. The van der Waals surface area contributed by atoms with Gasteiger partial charge < -0.3 is 15.0 Å². The molecule has 1 fully saturated rings. The summed E-state index contributed by atoms with van der Waals surface area (Å²) in [6.45, 7) is 5.48. The number of benzene rings is 1. The first kappa shape index (κ1) is 16.1. The molecule has 1 saturated heterocycles. The van der Waals surface area contributed by atoms with Gasteiger partial charge in [0.1, 0.15) is 5.75 Å². The van der Waals surface area contributed by atoms with Crippen LogP contribution in [-0.2, 0) is 11.3 Å². The lowest BCUT2D eigenvalue weighted by atomic mass is 10.2. The number of hydrogen-bond donors (Lipinski definition) is 1. The average Bonchev–Trinajstić information content (AvgIpc) is 3.01. The number of rotatable bonds is 7. The predicted molar refractivity (Wildman–Crippen MR) is 84.8 cm³/mol. The van der Waals surface area contributed by atoms with E-state index in [-0.39, 0.29) is 12.5 Å². The molecular formula is C16H23ClN2O2. The van der Waals surface area contributed by atoms with E-state index in [1.54, 1.807) is 0 Å². The summed E-state index contributed by atoms with van der Waals surface area (Å²) in [4.78, 5) is 13.9. The van der Waals surface area contributed by atoms with Crippen molar-refractivity contribution >= 4 is 17.5 Å². The van der Waals surface area contributed by atoms with Crippen molar-refractivity contribution in [3.05, 3.63) is 28.8 Å². The number of amides is 1. The molecule has 2 rings (SSSR count). The Morgan fingerprint density at radius 1 is 1.38 bits per heavy atom. The minimum absolute atomic E-state index is 0.0555. The van der Waals surface area contributed by atoms with Gasteiger partial charge in [0.25, 0.3) is 5.91 Å². The number of nitrogens with one attached hydrogen (secondary N) is 1. The van der Waals surface area contributed by atoms with Gasteiger partial charge in [-0.05, 0) is 37.9 Å². The second kappa shape index (κ2) is 8.25. The van der Waals surface area contributed by atoms with Crippen LogP contribution in [0.4, 0.5) is 0 Å². The van der Waals surface area contributed by atoms with Gasteiger partial charge in [0.15, 0.2) is 6.61 Å². The molecule has 0 atom stereocenters. The Morgan fingerprint density at radius 2 is 2.14 bits per heavy atom. The van der Waals surface area contributed by atoms with Gasteiger partial charge in [0, 0.05) is 30.2 Å². The topological polar surface area (TPSA) is 41.6 Å². The van der Waals surface area contributed by atoms with Gasteiger partial charge in [-0.25, -0.2) is 0 Å². The highest BCUT2D eigenvalue weighted by Crippen LogP contribution is 2.26. The SMILES string of the molecule is CCCNCc1c(Cl)cccc1OCC(=O)N1CCCC1. The average molecular weight is 311 g/mol. The summed E-state index contributed by atoms with van der Waals surface area (Å²) >= 11 is 6.24. The maximum absolute atomic E-state index is 12.0. The fourth-order valence-electron chi connectivity index (χ4n) is 2.43. The molecule has 1 aromatic rings. The van der Waals surface area contributed by atoms with E-state index in [9.17, 15) is 4.79 Å². The highest BCUT2D eigenvalue weighted by molar-refractivity contribution is 6.31. The molecule has 0 bridgehead atoms. The third kappa shape index (κ3) is 4.61. The molecule has 116 valence electrons. The van der Waals surface area contributed by atoms with Crippen molar-refractivity contribution in [2.75, 3.05) is 26.2 Å². The van der Waals surface area contributed by atoms with Crippen LogP contribution in [0, 0.1) is 0 Å². The van der Waals surface area contributed by atoms with Crippen LogP contribution >= 0.6 is 11.6 Å². The minimum atomic E-state index is 0.0555. The van der Waals surface area contributed by atoms with E-state index in [4.69, 9.17) is 16.3 Å². The Bertz CT molecular complexity index is 473. The van der Waals surface area contributed by atoms with Crippen LogP contribution < -0.4 is 10.1 Å². The van der Waals surface area contributed by atoms with Crippen LogP contribution in [0.2, 0.25) is 5.02 Å². The molecule has 1 N–H and O–H groups in total. The van der Waals surface area contributed by atoms with Crippen LogP contribution in [0.15, 0.2) is 18.2 Å². The number of likely N-dealkylation sites (tertiary alicyclic amines) is 1. The van der Waals surface area contributed by atoms with Crippen LogP contribution in [0.25, 0.3) is 0 Å². The molecule has 1 aliphatic heterocycles. The molecule has 1 aliphatic rings. The fourth-order valence-corrected chi connectivity index (χ4v) is 2.67. The lowest BCUT2D eigenvalue weighted by Gasteiger charge is -2.17. The van der Waals surface area contributed by atoms with Crippen molar-refractivity contribution in [2.24, 2.45) is 0 Å². The van der Waals surface area contributed by atoms with Crippen molar-refractivity contribution < 1.29 is 9.53 Å². The Morgan fingerprint density at radius 3 is 2.86 bits per heavy atom. The highest BCUT2D eigenvalue weighted by Gasteiger charge is 2.18. The van der Waals surface area contributed by atoms with E-state index >= 15 is 0 Å². The van der Waals surface area contributed by atoms with Crippen molar-refractivity contribution in [1.82, 2.24) is 10.2 Å². The maximum Gasteiger partial charge on any atom is 0.260 e. The zero-order valence-electron chi connectivity index (χ0n) is 12.5. The summed E-state index contributed by atoms with van der Waals surface area (Å²) < 4.78 is 5.71. The fraction of sp³-hybridized carbons (Fsp3) is 0.562. The number of ether oxygens (including phenoxy) is 1. The molecular weight excluding hydrogens is 288 g/mol. The van der Waals surface area contributed by atoms with Gasteiger partial charge in [0.05, 0.1) is 0 Å². The molecule has 0 aromatic heterocycles. The van der Waals surface area contributed by atoms with Crippen LogP contribution in [-0.4, -0.2) is 37.0 Å². The van der Waals surface area contributed by atoms with Crippen LogP contribution in [0.3, 0.4) is 0 Å². The zero-order valence-corrected chi connectivity index (χ0v) is 13.3. The van der Waals surface area contributed by atoms with Gasteiger partial charge in [0.2, 0.25) is 0 Å². The van der Waals surface area contributed by atoms with Crippen molar-refractivity contribution in [2.45, 2.75) is 32.7 Å². The monoisotopic (exact) mass is 310 g/mol. The summed E-state index contributed by atoms with van der Waals surface area (Å²) in [5.74, 6) is 0.749. The standard InChI is InChI=1S/C16H23ClN2O2/c1-2-8-18-11-13-14(17)6-5-7-15(13)21-12-16(20)19-9-3-4-10-19/h5-7,18H,2-4,8-12H2,1H3. The largest absolute Gasteiger partial charge is 0.483 e. The van der Waals surface area contributed by atoms with Crippen LogP contribution in [0.5, 0.6) is 5.75 Å². The van der Waals surface area contributed by atoms with E-state index in [0.29, 0.717) is 17.3 Å². The molecule has 4 nitrogen and oxygen atoms in total. The summed E-state index contributed by atoms with van der Waals surface area (Å²) in [5.41, 5.74) is 0.918. The minimum Gasteiger partial charge on any atom is -0.483 e. The Hall–Kier alpha value is -1.26. The Balaban J connectivity index is 1.94. The lowest BCUT2D eigenvalue weighted by Crippen LogP contribution is -2.32. The first-order valence-corrected chi connectivity index (χ1v) is 7.99. The molecule has 0 spiro atoms. The number of halogens is 1. The molecule has 0 unspecified atom stereocenters. The second-order valence-electron chi connectivity index (χ2n) is 5.27. The third-order valence-electron chi connectivity index (χ3n) is 3.61. The van der Waals surface area contributed by atoms with Gasteiger partial charge >= 0.3 is 0 Å². The summed E-state index contributed by atoms with van der Waals surface area (Å²) in [5, 5.41) is 3.99. The molecule has 0 radical (unpaired) electrons. The maximum atomic E-state index is 12.0. The van der Waals surface area contributed by atoms with Gasteiger partial charge in [-0.15, -0.1) is 0 Å². The Kier molecular flexibility index (Phi) is 6.33. The molecule has 0 aliphatic carbocycles.